The van der Waals surface area contributed by atoms with E-state index in [0.717, 1.165) is 38.5 Å². The molecule has 0 fully saturated rings. The summed E-state index contributed by atoms with van der Waals surface area (Å²) in [7, 11) is 1.45. The molecule has 0 aromatic heterocycles. The highest BCUT2D eigenvalue weighted by molar-refractivity contribution is 7.47. The smallest absolute Gasteiger partial charge is 0.462 e. The van der Waals surface area contributed by atoms with E-state index in [1.807, 2.05) is 21.1 Å². The SMILES string of the molecule is CCCCCCCC/C=C/C/C=C/CCCCC(=O)O[C@@H](COC(=O)CCC/C=C/CCCCCCCCCCCCCCCCCCCC)COP(=O)(O)OCC[N+](C)(C)C. The number of phosphoric acid groups is 1. The molecule has 0 aliphatic heterocycles. The highest BCUT2D eigenvalue weighted by Crippen LogP contribution is 2.43. The number of ether oxygens (including phenoxy) is 2. The van der Waals surface area contributed by atoms with Crippen molar-refractivity contribution in [3.8, 4) is 0 Å². The summed E-state index contributed by atoms with van der Waals surface area (Å²) in [5.74, 6) is -0.867. The Bertz CT molecular complexity index is 1150. The number of rotatable bonds is 47. The fourth-order valence-corrected chi connectivity index (χ4v) is 7.85. The molecule has 364 valence electrons. The molecular weight excluding hydrogens is 798 g/mol. The summed E-state index contributed by atoms with van der Waals surface area (Å²) in [5, 5.41) is 0. The normalized spacial score (nSPS) is 13.7. The van der Waals surface area contributed by atoms with Gasteiger partial charge in [0.05, 0.1) is 27.7 Å². The molecule has 0 radical (unpaired) electrons. The average molecular weight is 897 g/mol. The minimum absolute atomic E-state index is 0.0225. The predicted octanol–water partition coefficient (Wildman–Crippen LogP) is 15.3. The molecule has 2 atom stereocenters. The number of likely N-dealkylation sites (N-methyl/N-ethyl adjacent to an activating group) is 1. The zero-order valence-corrected chi connectivity index (χ0v) is 42.0. The summed E-state index contributed by atoms with van der Waals surface area (Å²) in [6, 6.07) is 0. The van der Waals surface area contributed by atoms with Crippen LogP contribution in [-0.4, -0.2) is 74.9 Å². The van der Waals surface area contributed by atoms with Gasteiger partial charge in [-0.15, -0.1) is 0 Å². The molecule has 0 aliphatic carbocycles. The summed E-state index contributed by atoms with van der Waals surface area (Å²) in [6.45, 7) is 4.38. The quantitative estimate of drug-likeness (QED) is 0.0212. The minimum Gasteiger partial charge on any atom is -0.462 e. The summed E-state index contributed by atoms with van der Waals surface area (Å²) >= 11 is 0. The average Bonchev–Trinajstić information content (AvgIpc) is 3.23. The first-order valence-electron chi connectivity index (χ1n) is 25.7. The van der Waals surface area contributed by atoms with Gasteiger partial charge in [-0.25, -0.2) is 4.57 Å². The highest BCUT2D eigenvalue weighted by atomic mass is 31.2. The van der Waals surface area contributed by atoms with Crippen molar-refractivity contribution in [1.82, 2.24) is 0 Å². The molecule has 9 nitrogen and oxygen atoms in total. The van der Waals surface area contributed by atoms with Crippen LogP contribution in [0.5, 0.6) is 0 Å². The molecule has 0 spiro atoms. The number of unbranched alkanes of at least 4 members (excludes halogenated alkanes) is 27. The Hall–Kier alpha value is -1.77. The number of allylic oxidation sites excluding steroid dienone is 6. The van der Waals surface area contributed by atoms with Crippen LogP contribution in [0.3, 0.4) is 0 Å². The van der Waals surface area contributed by atoms with Crippen LogP contribution in [0.15, 0.2) is 36.5 Å². The van der Waals surface area contributed by atoms with Gasteiger partial charge in [-0.05, 0) is 64.2 Å². The topological polar surface area (TPSA) is 108 Å². The van der Waals surface area contributed by atoms with E-state index in [0.29, 0.717) is 23.9 Å². The third-order valence-electron chi connectivity index (χ3n) is 11.1. The van der Waals surface area contributed by atoms with Crippen molar-refractivity contribution < 1.29 is 42.1 Å². The largest absolute Gasteiger partial charge is 0.472 e. The molecule has 1 unspecified atom stereocenters. The van der Waals surface area contributed by atoms with Crippen molar-refractivity contribution >= 4 is 19.8 Å². The molecule has 1 N–H and O–H groups in total. The molecule has 10 heteroatoms. The Morgan fingerprint density at radius 1 is 0.500 bits per heavy atom. The summed E-state index contributed by atoms with van der Waals surface area (Å²) in [4.78, 5) is 35.5. The van der Waals surface area contributed by atoms with Crippen molar-refractivity contribution in [3.05, 3.63) is 36.5 Å². The number of phosphoric ester groups is 1. The third-order valence-corrected chi connectivity index (χ3v) is 12.1. The first-order chi connectivity index (χ1) is 30.0. The van der Waals surface area contributed by atoms with Crippen molar-refractivity contribution in [2.45, 2.75) is 238 Å². The lowest BCUT2D eigenvalue weighted by molar-refractivity contribution is -0.870. The van der Waals surface area contributed by atoms with Gasteiger partial charge in [0.2, 0.25) is 0 Å². The van der Waals surface area contributed by atoms with Crippen LogP contribution in [0.2, 0.25) is 0 Å². The number of esters is 2. The van der Waals surface area contributed by atoms with Crippen LogP contribution in [0.4, 0.5) is 0 Å². The lowest BCUT2D eigenvalue weighted by Crippen LogP contribution is -2.37. The second-order valence-corrected chi connectivity index (χ2v) is 20.0. The van der Waals surface area contributed by atoms with Crippen LogP contribution in [0, 0.1) is 0 Å². The highest BCUT2D eigenvalue weighted by Gasteiger charge is 2.27. The Morgan fingerprint density at radius 2 is 0.887 bits per heavy atom. The van der Waals surface area contributed by atoms with E-state index < -0.39 is 32.5 Å². The fraction of sp³-hybridized carbons (Fsp3) is 0.846. The maximum atomic E-state index is 12.7. The maximum Gasteiger partial charge on any atom is 0.472 e. The zero-order valence-electron chi connectivity index (χ0n) is 41.1. The molecule has 0 saturated heterocycles. The van der Waals surface area contributed by atoms with Crippen molar-refractivity contribution in [2.24, 2.45) is 0 Å². The van der Waals surface area contributed by atoms with E-state index in [2.05, 4.69) is 50.3 Å². The summed E-state index contributed by atoms with van der Waals surface area (Å²) < 4.78 is 34.3. The Labute approximate surface area is 382 Å². The van der Waals surface area contributed by atoms with E-state index in [-0.39, 0.29) is 26.1 Å². The minimum atomic E-state index is -4.39. The lowest BCUT2D eigenvalue weighted by Gasteiger charge is -2.24. The number of quaternary nitrogens is 1. The van der Waals surface area contributed by atoms with Gasteiger partial charge >= 0.3 is 19.8 Å². The lowest BCUT2D eigenvalue weighted by atomic mass is 10.0. The molecule has 0 saturated carbocycles. The molecule has 0 heterocycles. The Kier molecular flexibility index (Phi) is 43.2. The van der Waals surface area contributed by atoms with E-state index in [4.69, 9.17) is 18.5 Å². The molecule has 0 aliphatic rings. The molecule has 0 bridgehead atoms. The number of nitrogens with zero attached hydrogens (tertiary/aromatic N) is 1. The van der Waals surface area contributed by atoms with Crippen LogP contribution in [0.25, 0.3) is 0 Å². The van der Waals surface area contributed by atoms with E-state index in [9.17, 15) is 19.0 Å². The van der Waals surface area contributed by atoms with Crippen LogP contribution in [0.1, 0.15) is 232 Å². The van der Waals surface area contributed by atoms with E-state index in [1.165, 1.54) is 154 Å². The predicted molar refractivity (Wildman–Crippen MR) is 261 cm³/mol. The fourth-order valence-electron chi connectivity index (χ4n) is 7.11. The van der Waals surface area contributed by atoms with Gasteiger partial charge < -0.3 is 18.9 Å². The van der Waals surface area contributed by atoms with Crippen molar-refractivity contribution in [3.63, 3.8) is 0 Å². The maximum absolute atomic E-state index is 12.7. The summed E-state index contributed by atoms with van der Waals surface area (Å²) in [5.41, 5.74) is 0. The van der Waals surface area contributed by atoms with E-state index >= 15 is 0 Å². The molecule has 0 aromatic rings. The second-order valence-electron chi connectivity index (χ2n) is 18.5. The first-order valence-corrected chi connectivity index (χ1v) is 27.2. The Balaban J connectivity index is 4.26. The molecule has 0 amide bonds. The van der Waals surface area contributed by atoms with Crippen LogP contribution in [-0.2, 0) is 32.7 Å². The van der Waals surface area contributed by atoms with Crippen LogP contribution < -0.4 is 0 Å². The number of hydrogen-bond donors (Lipinski definition) is 1. The number of carbonyl (C=O) groups excluding carboxylic acids is 2. The summed E-state index contributed by atoms with van der Waals surface area (Å²) in [6.07, 6.45) is 52.2. The van der Waals surface area contributed by atoms with Gasteiger partial charge in [-0.2, -0.15) is 0 Å². The van der Waals surface area contributed by atoms with Crippen molar-refractivity contribution in [1.29, 1.82) is 0 Å². The van der Waals surface area contributed by atoms with Gasteiger partial charge in [0.15, 0.2) is 6.10 Å². The number of hydrogen-bond acceptors (Lipinski definition) is 7. The van der Waals surface area contributed by atoms with Gasteiger partial charge in [0.1, 0.15) is 19.8 Å². The van der Waals surface area contributed by atoms with Gasteiger partial charge in [-0.3, -0.25) is 18.6 Å². The van der Waals surface area contributed by atoms with Gasteiger partial charge in [-0.1, -0.05) is 192 Å². The van der Waals surface area contributed by atoms with Crippen molar-refractivity contribution in [2.75, 3.05) is 47.5 Å². The molecular formula is C52H99NO8P+. The molecule has 62 heavy (non-hydrogen) atoms. The van der Waals surface area contributed by atoms with E-state index in [1.54, 1.807) is 0 Å². The van der Waals surface area contributed by atoms with Crippen LogP contribution >= 0.6 is 7.82 Å². The molecule has 0 rings (SSSR count). The zero-order chi connectivity index (χ0) is 45.7. The third kappa shape index (κ3) is 47.7. The number of carbonyl (C=O) groups is 2. The monoisotopic (exact) mass is 897 g/mol. The first kappa shape index (κ1) is 60.2. The molecule has 0 aromatic carbocycles. The standard InChI is InChI=1S/C52H98NO8P/c1-6-8-10-12-14-16-18-20-22-23-24-25-26-27-28-29-31-32-34-36-38-40-42-44-51(54)58-48-50(49-60-62(56,57)59-47-46-53(3,4)5)61-52(55)45-43-41-39-37-35-33-30-21-19-17-15-13-11-9-7-2/h21,30,35-38,50H,6-20,22-29,31-34,39-49H2,1-5H3/p+1/b30-21+,37-35+,38-36+/t50-/m0/s1. The Morgan fingerprint density at radius 3 is 1.34 bits per heavy atom. The van der Waals surface area contributed by atoms with Gasteiger partial charge in [0, 0.05) is 12.8 Å². The van der Waals surface area contributed by atoms with Gasteiger partial charge in [0.25, 0.3) is 0 Å². The second kappa shape index (κ2) is 44.4.